The number of nitrogen functional groups attached to an aromatic ring is 1. The Hall–Kier alpha value is -1.08. The zero-order valence-corrected chi connectivity index (χ0v) is 14.2. The van der Waals surface area contributed by atoms with Gasteiger partial charge in [-0.2, -0.15) is 0 Å². The van der Waals surface area contributed by atoms with E-state index in [1.54, 1.807) is 20.8 Å². The molecule has 1 aliphatic rings. The molecule has 3 N–H and O–H groups in total. The van der Waals surface area contributed by atoms with E-state index in [9.17, 15) is 13.2 Å². The van der Waals surface area contributed by atoms with E-state index < -0.39 is 9.84 Å². The SMILES string of the molecule is CCS(=O)(=O)c1c(NCC2CC2)sc(C(=O)C(C)C)c1N. The summed E-state index contributed by atoms with van der Waals surface area (Å²) in [7, 11) is -3.45. The molecule has 5 nitrogen and oxygen atoms in total. The fourth-order valence-electron chi connectivity index (χ4n) is 2.00. The Morgan fingerprint density at radius 2 is 2.05 bits per heavy atom. The summed E-state index contributed by atoms with van der Waals surface area (Å²) in [6, 6.07) is 0. The molecule has 7 heteroatoms. The van der Waals surface area contributed by atoms with Crippen molar-refractivity contribution in [3.8, 4) is 0 Å². The van der Waals surface area contributed by atoms with Crippen LogP contribution in [0.4, 0.5) is 10.7 Å². The Labute approximate surface area is 129 Å². The monoisotopic (exact) mass is 330 g/mol. The molecular weight excluding hydrogens is 308 g/mol. The zero-order chi connectivity index (χ0) is 15.8. The van der Waals surface area contributed by atoms with E-state index in [4.69, 9.17) is 5.73 Å². The van der Waals surface area contributed by atoms with Crippen LogP contribution in [-0.2, 0) is 9.84 Å². The molecule has 1 aromatic heterocycles. The lowest BCUT2D eigenvalue weighted by Gasteiger charge is -2.07. The van der Waals surface area contributed by atoms with Crippen LogP contribution < -0.4 is 11.1 Å². The van der Waals surface area contributed by atoms with Crippen LogP contribution in [0.2, 0.25) is 0 Å². The highest BCUT2D eigenvalue weighted by molar-refractivity contribution is 7.91. The topological polar surface area (TPSA) is 89.3 Å². The maximum atomic E-state index is 12.3. The fourth-order valence-corrected chi connectivity index (χ4v) is 4.76. The average Bonchev–Trinajstić information content (AvgIpc) is 3.18. The normalized spacial score (nSPS) is 15.4. The van der Waals surface area contributed by atoms with Crippen LogP contribution >= 0.6 is 11.3 Å². The van der Waals surface area contributed by atoms with Gasteiger partial charge in [-0.05, 0) is 18.8 Å². The quantitative estimate of drug-likeness (QED) is 0.750. The summed E-state index contributed by atoms with van der Waals surface area (Å²) in [6.07, 6.45) is 2.34. The number of thiophene rings is 1. The van der Waals surface area contributed by atoms with Gasteiger partial charge >= 0.3 is 0 Å². The third-order valence-electron chi connectivity index (χ3n) is 3.59. The molecule has 0 aromatic carbocycles. The van der Waals surface area contributed by atoms with Crippen LogP contribution in [-0.4, -0.2) is 26.5 Å². The molecule has 0 atom stereocenters. The Morgan fingerprint density at radius 1 is 1.43 bits per heavy atom. The van der Waals surface area contributed by atoms with Crippen molar-refractivity contribution in [1.29, 1.82) is 0 Å². The minimum absolute atomic E-state index is 0.0264. The number of hydrogen-bond acceptors (Lipinski definition) is 6. The number of nitrogens with two attached hydrogens (primary N) is 1. The minimum Gasteiger partial charge on any atom is -0.396 e. The highest BCUT2D eigenvalue weighted by Crippen LogP contribution is 2.41. The second-order valence-electron chi connectivity index (χ2n) is 5.75. The first-order chi connectivity index (χ1) is 9.77. The number of Topliss-reactive ketones (excluding diaryl/α,β-unsaturated/α-hetero) is 1. The van der Waals surface area contributed by atoms with Gasteiger partial charge < -0.3 is 11.1 Å². The second kappa shape index (κ2) is 5.96. The molecule has 118 valence electrons. The lowest BCUT2D eigenvalue weighted by molar-refractivity contribution is 0.0944. The van der Waals surface area contributed by atoms with Gasteiger partial charge in [0.1, 0.15) is 9.90 Å². The summed E-state index contributed by atoms with van der Waals surface area (Å²) < 4.78 is 24.6. The molecule has 0 bridgehead atoms. The highest BCUT2D eigenvalue weighted by Gasteiger charge is 2.30. The first-order valence-electron chi connectivity index (χ1n) is 7.21. The van der Waals surface area contributed by atoms with Crippen LogP contribution in [0.3, 0.4) is 0 Å². The van der Waals surface area contributed by atoms with E-state index in [0.717, 1.165) is 6.54 Å². The number of sulfone groups is 1. The van der Waals surface area contributed by atoms with E-state index in [0.29, 0.717) is 15.8 Å². The highest BCUT2D eigenvalue weighted by atomic mass is 32.2. The first-order valence-corrected chi connectivity index (χ1v) is 9.67. The molecular formula is C14H22N2O3S2. The Kier molecular flexibility index (Phi) is 4.63. The maximum absolute atomic E-state index is 12.3. The lowest BCUT2D eigenvalue weighted by atomic mass is 10.1. The van der Waals surface area contributed by atoms with Crippen LogP contribution in [0.15, 0.2) is 4.90 Å². The zero-order valence-electron chi connectivity index (χ0n) is 12.6. The smallest absolute Gasteiger partial charge is 0.183 e. The molecule has 1 aromatic rings. The van der Waals surface area contributed by atoms with Gasteiger partial charge in [-0.1, -0.05) is 20.8 Å². The van der Waals surface area contributed by atoms with E-state index in [-0.39, 0.29) is 28.0 Å². The van der Waals surface area contributed by atoms with Crippen molar-refractivity contribution in [3.05, 3.63) is 4.88 Å². The van der Waals surface area contributed by atoms with E-state index in [2.05, 4.69) is 5.32 Å². The van der Waals surface area contributed by atoms with Gasteiger partial charge in [-0.3, -0.25) is 4.79 Å². The first kappa shape index (κ1) is 16.3. The number of anilines is 2. The molecule has 1 saturated carbocycles. The van der Waals surface area contributed by atoms with Gasteiger partial charge in [0.15, 0.2) is 15.6 Å². The molecule has 0 unspecified atom stereocenters. The van der Waals surface area contributed by atoms with Crippen LogP contribution in [0.5, 0.6) is 0 Å². The molecule has 0 saturated heterocycles. The lowest BCUT2D eigenvalue weighted by Crippen LogP contribution is -2.12. The van der Waals surface area contributed by atoms with Crippen molar-refractivity contribution in [1.82, 2.24) is 0 Å². The number of carbonyl (C=O) groups excluding carboxylic acids is 1. The number of nitrogens with one attached hydrogen (secondary N) is 1. The third kappa shape index (κ3) is 3.40. The van der Waals surface area contributed by atoms with Crippen molar-refractivity contribution in [3.63, 3.8) is 0 Å². The summed E-state index contributed by atoms with van der Waals surface area (Å²) in [5.74, 6) is 0.264. The van der Waals surface area contributed by atoms with Crippen molar-refractivity contribution in [2.75, 3.05) is 23.3 Å². The van der Waals surface area contributed by atoms with Crippen LogP contribution in [0, 0.1) is 11.8 Å². The predicted molar refractivity (Wildman–Crippen MR) is 86.8 cm³/mol. The van der Waals surface area contributed by atoms with Gasteiger partial charge in [-0.15, -0.1) is 11.3 Å². The fraction of sp³-hybridized carbons (Fsp3) is 0.643. The molecule has 1 heterocycles. The largest absolute Gasteiger partial charge is 0.396 e. The van der Waals surface area contributed by atoms with Crippen LogP contribution in [0.25, 0.3) is 0 Å². The second-order valence-corrected chi connectivity index (χ2v) is 8.99. The predicted octanol–water partition coefficient (Wildman–Crippen LogP) is 2.78. The van der Waals surface area contributed by atoms with Gasteiger partial charge in [0, 0.05) is 12.5 Å². The molecule has 0 radical (unpaired) electrons. The molecule has 21 heavy (non-hydrogen) atoms. The van der Waals surface area contributed by atoms with Crippen molar-refractivity contribution < 1.29 is 13.2 Å². The molecule has 0 spiro atoms. The summed E-state index contributed by atoms with van der Waals surface area (Å²) in [5.41, 5.74) is 6.11. The van der Waals surface area contributed by atoms with E-state index >= 15 is 0 Å². The molecule has 2 rings (SSSR count). The number of ketones is 1. The van der Waals surface area contributed by atoms with E-state index in [1.807, 2.05) is 0 Å². The molecule has 1 aliphatic carbocycles. The minimum atomic E-state index is -3.45. The van der Waals surface area contributed by atoms with Gasteiger partial charge in [-0.25, -0.2) is 8.42 Å². The Balaban J connectivity index is 2.45. The Morgan fingerprint density at radius 3 is 2.52 bits per heavy atom. The maximum Gasteiger partial charge on any atom is 0.183 e. The summed E-state index contributed by atoms with van der Waals surface area (Å²) >= 11 is 1.17. The van der Waals surface area contributed by atoms with Crippen molar-refractivity contribution >= 4 is 37.6 Å². The molecule has 1 fully saturated rings. The van der Waals surface area contributed by atoms with E-state index in [1.165, 1.54) is 24.2 Å². The summed E-state index contributed by atoms with van der Waals surface area (Å²) in [5, 5.41) is 3.70. The van der Waals surface area contributed by atoms with Crippen molar-refractivity contribution in [2.45, 2.75) is 38.5 Å². The molecule has 0 amide bonds. The standard InChI is InChI=1S/C14H22N2O3S2/c1-4-21(18,19)13-10(15)12(11(17)8(2)3)20-14(13)16-7-9-5-6-9/h8-9,16H,4-7,15H2,1-3H3. The average molecular weight is 330 g/mol. The molecule has 0 aliphatic heterocycles. The number of rotatable bonds is 7. The van der Waals surface area contributed by atoms with Gasteiger partial charge in [0.05, 0.1) is 16.3 Å². The Bertz CT molecular complexity index is 643. The number of carbonyl (C=O) groups is 1. The van der Waals surface area contributed by atoms with Crippen LogP contribution in [0.1, 0.15) is 43.3 Å². The summed E-state index contributed by atoms with van der Waals surface area (Å²) in [6.45, 7) is 5.89. The third-order valence-corrected chi connectivity index (χ3v) is 6.70. The van der Waals surface area contributed by atoms with Gasteiger partial charge in [0.25, 0.3) is 0 Å². The summed E-state index contributed by atoms with van der Waals surface area (Å²) in [4.78, 5) is 12.7. The van der Waals surface area contributed by atoms with Gasteiger partial charge in [0.2, 0.25) is 0 Å². The number of hydrogen-bond donors (Lipinski definition) is 2. The van der Waals surface area contributed by atoms with Crippen molar-refractivity contribution in [2.24, 2.45) is 11.8 Å².